The number of ether oxygens (including phenoxy) is 2. The minimum absolute atomic E-state index is 0.00699. The highest BCUT2D eigenvalue weighted by Gasteiger charge is 2.08. The summed E-state index contributed by atoms with van der Waals surface area (Å²) in [6, 6.07) is 8.86. The SMILES string of the molecule is O=C(O)OC(=O)OCc1ccccc1. The van der Waals surface area contributed by atoms with Crippen LogP contribution in [0, 0.1) is 0 Å². The van der Waals surface area contributed by atoms with E-state index >= 15 is 0 Å². The lowest BCUT2D eigenvalue weighted by atomic mass is 10.2. The molecule has 0 aromatic heterocycles. The van der Waals surface area contributed by atoms with E-state index in [-0.39, 0.29) is 6.61 Å². The van der Waals surface area contributed by atoms with Gasteiger partial charge in [-0.15, -0.1) is 0 Å². The van der Waals surface area contributed by atoms with Gasteiger partial charge in [-0.2, -0.15) is 0 Å². The highest BCUT2D eigenvalue weighted by Crippen LogP contribution is 2.01. The smallest absolute Gasteiger partial charge is 0.449 e. The van der Waals surface area contributed by atoms with Crippen molar-refractivity contribution in [2.75, 3.05) is 0 Å². The first-order chi connectivity index (χ1) is 6.68. The fourth-order valence-corrected chi connectivity index (χ4v) is 0.817. The van der Waals surface area contributed by atoms with Crippen molar-refractivity contribution in [3.63, 3.8) is 0 Å². The van der Waals surface area contributed by atoms with Gasteiger partial charge < -0.3 is 14.6 Å². The van der Waals surface area contributed by atoms with Crippen molar-refractivity contribution < 1.29 is 24.2 Å². The van der Waals surface area contributed by atoms with Crippen LogP contribution in [0.15, 0.2) is 30.3 Å². The van der Waals surface area contributed by atoms with E-state index < -0.39 is 12.3 Å². The van der Waals surface area contributed by atoms with Gasteiger partial charge in [-0.3, -0.25) is 0 Å². The van der Waals surface area contributed by atoms with Crippen LogP contribution in [0.5, 0.6) is 0 Å². The van der Waals surface area contributed by atoms with E-state index in [1.54, 1.807) is 24.3 Å². The van der Waals surface area contributed by atoms with E-state index in [0.29, 0.717) is 0 Å². The Kier molecular flexibility index (Phi) is 3.49. The summed E-state index contributed by atoms with van der Waals surface area (Å²) in [4.78, 5) is 20.5. The predicted molar refractivity (Wildman–Crippen MR) is 45.7 cm³/mol. The number of hydrogen-bond donors (Lipinski definition) is 1. The van der Waals surface area contributed by atoms with Gasteiger partial charge in [-0.1, -0.05) is 30.3 Å². The molecule has 0 amide bonds. The molecule has 0 unspecified atom stereocenters. The fourth-order valence-electron chi connectivity index (χ4n) is 0.817. The number of rotatable bonds is 2. The summed E-state index contributed by atoms with van der Waals surface area (Å²) in [6.07, 6.45) is -2.90. The summed E-state index contributed by atoms with van der Waals surface area (Å²) in [5.41, 5.74) is 0.759. The van der Waals surface area contributed by atoms with Crippen LogP contribution in [-0.4, -0.2) is 17.4 Å². The van der Waals surface area contributed by atoms with Gasteiger partial charge in [0.05, 0.1) is 0 Å². The number of carbonyl (C=O) groups is 2. The summed E-state index contributed by atoms with van der Waals surface area (Å²) >= 11 is 0. The summed E-state index contributed by atoms with van der Waals surface area (Å²) in [5.74, 6) is 0. The van der Waals surface area contributed by atoms with Gasteiger partial charge in [0.25, 0.3) is 0 Å². The zero-order valence-corrected chi connectivity index (χ0v) is 7.17. The molecule has 74 valence electrons. The van der Waals surface area contributed by atoms with E-state index in [1.165, 1.54) is 0 Å². The van der Waals surface area contributed by atoms with Crippen molar-refractivity contribution in [1.29, 1.82) is 0 Å². The van der Waals surface area contributed by atoms with Crippen molar-refractivity contribution in [2.24, 2.45) is 0 Å². The van der Waals surface area contributed by atoms with Gasteiger partial charge in [0.15, 0.2) is 0 Å². The number of carbonyl (C=O) groups excluding carboxylic acids is 1. The third-order valence-corrected chi connectivity index (χ3v) is 1.37. The molecular weight excluding hydrogens is 188 g/mol. The first kappa shape index (κ1) is 10.0. The molecule has 0 saturated heterocycles. The minimum Gasteiger partial charge on any atom is -0.449 e. The summed E-state index contributed by atoms with van der Waals surface area (Å²) in [7, 11) is 0. The van der Waals surface area contributed by atoms with Crippen molar-refractivity contribution in [3.8, 4) is 0 Å². The van der Waals surface area contributed by atoms with E-state index in [0.717, 1.165) is 5.56 Å². The Bertz CT molecular complexity index is 319. The molecule has 1 N–H and O–H groups in total. The average molecular weight is 196 g/mol. The molecule has 0 atom stereocenters. The van der Waals surface area contributed by atoms with Crippen molar-refractivity contribution in [2.45, 2.75) is 6.61 Å². The summed E-state index contributed by atoms with van der Waals surface area (Å²) in [5, 5.41) is 8.06. The largest absolute Gasteiger partial charge is 0.518 e. The van der Waals surface area contributed by atoms with Gasteiger partial charge >= 0.3 is 12.3 Å². The first-order valence-corrected chi connectivity index (χ1v) is 3.80. The molecule has 0 heterocycles. The molecule has 0 fully saturated rings. The number of hydrogen-bond acceptors (Lipinski definition) is 4. The molecule has 0 radical (unpaired) electrons. The molecule has 0 spiro atoms. The Hall–Kier alpha value is -2.04. The average Bonchev–Trinajstić information content (AvgIpc) is 2.15. The third-order valence-electron chi connectivity index (χ3n) is 1.37. The molecule has 1 rings (SSSR count). The number of benzene rings is 1. The topological polar surface area (TPSA) is 72.8 Å². The summed E-state index contributed by atoms with van der Waals surface area (Å²) in [6.45, 7) is -0.00699. The highest BCUT2D eigenvalue weighted by atomic mass is 16.8. The lowest BCUT2D eigenvalue weighted by Gasteiger charge is -2.01. The second-order valence-corrected chi connectivity index (χ2v) is 2.39. The van der Waals surface area contributed by atoms with E-state index in [4.69, 9.17) is 5.11 Å². The first-order valence-electron chi connectivity index (χ1n) is 3.80. The Morgan fingerprint density at radius 1 is 1.21 bits per heavy atom. The second-order valence-electron chi connectivity index (χ2n) is 2.39. The lowest BCUT2D eigenvalue weighted by Crippen LogP contribution is -2.11. The Morgan fingerprint density at radius 2 is 1.86 bits per heavy atom. The molecule has 0 aliphatic carbocycles. The van der Waals surface area contributed by atoms with Crippen LogP contribution in [0.3, 0.4) is 0 Å². The third kappa shape index (κ3) is 3.57. The molecular formula is C9H8O5. The molecule has 1 aromatic carbocycles. The van der Waals surface area contributed by atoms with Crippen molar-refractivity contribution >= 4 is 12.3 Å². The molecule has 1 aromatic rings. The van der Waals surface area contributed by atoms with Crippen LogP contribution >= 0.6 is 0 Å². The van der Waals surface area contributed by atoms with Gasteiger partial charge in [0.2, 0.25) is 0 Å². The minimum atomic E-state index is -1.68. The Labute approximate surface area is 79.9 Å². The van der Waals surface area contributed by atoms with Gasteiger partial charge in [0, 0.05) is 0 Å². The van der Waals surface area contributed by atoms with E-state index in [2.05, 4.69) is 9.47 Å². The fraction of sp³-hybridized carbons (Fsp3) is 0.111. The van der Waals surface area contributed by atoms with Crippen LogP contribution in [0.4, 0.5) is 9.59 Å². The second kappa shape index (κ2) is 4.86. The lowest BCUT2D eigenvalue weighted by molar-refractivity contribution is 0.0504. The van der Waals surface area contributed by atoms with Crippen LogP contribution < -0.4 is 0 Å². The molecule has 0 saturated carbocycles. The highest BCUT2D eigenvalue weighted by molar-refractivity contribution is 5.75. The quantitative estimate of drug-likeness (QED) is 0.578. The van der Waals surface area contributed by atoms with E-state index in [9.17, 15) is 9.59 Å². The Balaban J connectivity index is 2.34. The maximum absolute atomic E-state index is 10.6. The molecule has 5 heteroatoms. The molecule has 5 nitrogen and oxygen atoms in total. The Morgan fingerprint density at radius 3 is 2.43 bits per heavy atom. The monoisotopic (exact) mass is 196 g/mol. The van der Waals surface area contributed by atoms with Gasteiger partial charge in [-0.25, -0.2) is 9.59 Å². The van der Waals surface area contributed by atoms with E-state index in [1.807, 2.05) is 6.07 Å². The van der Waals surface area contributed by atoms with Crippen molar-refractivity contribution in [3.05, 3.63) is 35.9 Å². The van der Waals surface area contributed by atoms with Crippen LogP contribution in [-0.2, 0) is 16.1 Å². The van der Waals surface area contributed by atoms with Crippen molar-refractivity contribution in [1.82, 2.24) is 0 Å². The molecule has 14 heavy (non-hydrogen) atoms. The van der Waals surface area contributed by atoms with Crippen LogP contribution in [0.25, 0.3) is 0 Å². The molecule has 0 aliphatic heterocycles. The maximum Gasteiger partial charge on any atom is 0.518 e. The van der Waals surface area contributed by atoms with Gasteiger partial charge in [0.1, 0.15) is 6.61 Å². The maximum atomic E-state index is 10.6. The standard InChI is InChI=1S/C9H8O5/c10-8(11)14-9(12)13-6-7-4-2-1-3-5-7/h1-5H,6H2,(H,10,11). The molecule has 0 bridgehead atoms. The predicted octanol–water partition coefficient (Wildman–Crippen LogP) is 2.02. The van der Waals surface area contributed by atoms with Crippen LogP contribution in [0.2, 0.25) is 0 Å². The van der Waals surface area contributed by atoms with Gasteiger partial charge in [-0.05, 0) is 5.56 Å². The normalized spacial score (nSPS) is 9.14. The summed E-state index contributed by atoms with van der Waals surface area (Å²) < 4.78 is 8.22. The molecule has 0 aliphatic rings. The zero-order chi connectivity index (χ0) is 10.4. The number of carboxylic acid groups (broad SMARTS) is 1. The van der Waals surface area contributed by atoms with Crippen LogP contribution in [0.1, 0.15) is 5.56 Å². The zero-order valence-electron chi connectivity index (χ0n) is 7.17.